The summed E-state index contributed by atoms with van der Waals surface area (Å²) in [6, 6.07) is 3.15. The van der Waals surface area contributed by atoms with Gasteiger partial charge in [0.25, 0.3) is 0 Å². The van der Waals surface area contributed by atoms with E-state index in [9.17, 15) is 9.90 Å². The Labute approximate surface area is 107 Å². The third-order valence-corrected chi connectivity index (χ3v) is 3.11. The van der Waals surface area contributed by atoms with Crippen LogP contribution < -0.4 is 5.73 Å². The van der Waals surface area contributed by atoms with E-state index in [0.717, 1.165) is 11.1 Å². The first-order valence-electron chi connectivity index (χ1n) is 6.13. The van der Waals surface area contributed by atoms with Gasteiger partial charge in [0.1, 0.15) is 5.75 Å². The molecule has 4 heteroatoms. The molecule has 0 fully saturated rings. The molecular formula is C14H21NO3. The van der Waals surface area contributed by atoms with Crippen LogP contribution >= 0.6 is 0 Å². The summed E-state index contributed by atoms with van der Waals surface area (Å²) >= 11 is 0. The van der Waals surface area contributed by atoms with E-state index in [1.807, 2.05) is 13.0 Å². The fraction of sp³-hybridized carbons (Fsp3) is 0.500. The number of carbonyl (C=O) groups is 1. The Morgan fingerprint density at radius 1 is 1.33 bits per heavy atom. The largest absolute Gasteiger partial charge is 0.508 e. The molecule has 4 nitrogen and oxygen atoms in total. The maximum atomic E-state index is 10.5. The summed E-state index contributed by atoms with van der Waals surface area (Å²) < 4.78 is 0. The lowest BCUT2D eigenvalue weighted by Crippen LogP contribution is -2.13. The quantitative estimate of drug-likeness (QED) is 0.751. The molecule has 0 heterocycles. The van der Waals surface area contributed by atoms with Crippen molar-refractivity contribution in [3.63, 3.8) is 0 Å². The average molecular weight is 251 g/mol. The Kier molecular flexibility index (Phi) is 4.73. The van der Waals surface area contributed by atoms with Crippen molar-refractivity contribution in [3.8, 4) is 5.75 Å². The number of aliphatic carboxylic acids is 1. The first kappa shape index (κ1) is 14.5. The Bertz CT molecular complexity index is 441. The highest BCUT2D eigenvalue weighted by Crippen LogP contribution is 2.31. The van der Waals surface area contributed by atoms with Crippen molar-refractivity contribution in [2.45, 2.75) is 45.6 Å². The second kappa shape index (κ2) is 5.87. The minimum Gasteiger partial charge on any atom is -0.508 e. The van der Waals surface area contributed by atoms with Gasteiger partial charge >= 0.3 is 5.97 Å². The van der Waals surface area contributed by atoms with Crippen LogP contribution in [0.15, 0.2) is 12.1 Å². The topological polar surface area (TPSA) is 83.5 Å². The number of phenols is 1. The second-order valence-electron chi connectivity index (χ2n) is 4.96. The maximum Gasteiger partial charge on any atom is 0.303 e. The molecule has 1 aromatic rings. The number of hydrogen-bond acceptors (Lipinski definition) is 3. The summed E-state index contributed by atoms with van der Waals surface area (Å²) in [5, 5.41) is 18.6. The van der Waals surface area contributed by atoms with Crippen molar-refractivity contribution in [2.75, 3.05) is 0 Å². The molecule has 1 atom stereocenters. The average Bonchev–Trinajstić information content (AvgIpc) is 2.25. The van der Waals surface area contributed by atoms with Crippen LogP contribution in [-0.4, -0.2) is 16.2 Å². The maximum absolute atomic E-state index is 10.5. The lowest BCUT2D eigenvalue weighted by atomic mass is 9.92. The molecular weight excluding hydrogens is 230 g/mol. The van der Waals surface area contributed by atoms with Gasteiger partial charge in [0.05, 0.1) is 0 Å². The van der Waals surface area contributed by atoms with Crippen molar-refractivity contribution in [1.29, 1.82) is 0 Å². The predicted molar refractivity (Wildman–Crippen MR) is 70.7 cm³/mol. The monoisotopic (exact) mass is 251 g/mol. The predicted octanol–water partition coefficient (Wildman–Crippen LogP) is 2.69. The number of hydrogen-bond donors (Lipinski definition) is 3. The Hall–Kier alpha value is -1.55. The zero-order valence-corrected chi connectivity index (χ0v) is 11.1. The first-order valence-corrected chi connectivity index (χ1v) is 6.13. The summed E-state index contributed by atoms with van der Waals surface area (Å²) in [4.78, 5) is 10.5. The molecule has 100 valence electrons. The summed E-state index contributed by atoms with van der Waals surface area (Å²) in [5.41, 5.74) is 8.73. The van der Waals surface area contributed by atoms with Gasteiger partial charge in [-0.15, -0.1) is 0 Å². The molecule has 0 aliphatic heterocycles. The Morgan fingerprint density at radius 2 is 1.94 bits per heavy atom. The van der Waals surface area contributed by atoms with Crippen LogP contribution in [0.5, 0.6) is 5.75 Å². The van der Waals surface area contributed by atoms with Crippen molar-refractivity contribution in [2.24, 2.45) is 5.73 Å². The molecule has 0 aliphatic rings. The summed E-state index contributed by atoms with van der Waals surface area (Å²) in [6.45, 7) is 6.10. The lowest BCUT2D eigenvalue weighted by molar-refractivity contribution is -0.137. The molecule has 0 amide bonds. The highest BCUT2D eigenvalue weighted by atomic mass is 16.4. The first-order chi connectivity index (χ1) is 8.32. The van der Waals surface area contributed by atoms with Crippen LogP contribution in [0.4, 0.5) is 0 Å². The van der Waals surface area contributed by atoms with Crippen molar-refractivity contribution < 1.29 is 15.0 Å². The summed E-state index contributed by atoms with van der Waals surface area (Å²) in [5.74, 6) is -0.382. The fourth-order valence-corrected chi connectivity index (χ4v) is 2.08. The van der Waals surface area contributed by atoms with Gasteiger partial charge in [0.2, 0.25) is 0 Å². The van der Waals surface area contributed by atoms with Gasteiger partial charge in [-0.2, -0.15) is 0 Å². The van der Waals surface area contributed by atoms with Crippen molar-refractivity contribution >= 4 is 5.97 Å². The third kappa shape index (κ3) is 3.47. The summed E-state index contributed by atoms with van der Waals surface area (Å²) in [7, 11) is 0. The zero-order valence-electron chi connectivity index (χ0n) is 11.1. The molecule has 0 saturated carbocycles. The highest BCUT2D eigenvalue weighted by Gasteiger charge is 2.16. The molecule has 0 saturated heterocycles. The smallest absolute Gasteiger partial charge is 0.303 e. The van der Waals surface area contributed by atoms with Gasteiger partial charge < -0.3 is 15.9 Å². The van der Waals surface area contributed by atoms with Crippen molar-refractivity contribution in [3.05, 3.63) is 28.8 Å². The van der Waals surface area contributed by atoms with Crippen LogP contribution in [0.2, 0.25) is 0 Å². The number of carboxylic acids is 1. The van der Waals surface area contributed by atoms with E-state index < -0.39 is 12.0 Å². The molecule has 1 unspecified atom stereocenters. The van der Waals surface area contributed by atoms with Crippen LogP contribution in [0.1, 0.15) is 55.3 Å². The van der Waals surface area contributed by atoms with Gasteiger partial charge in [0.15, 0.2) is 0 Å². The number of benzene rings is 1. The number of phenolic OH excluding ortho intramolecular Hbond substituents is 1. The van der Waals surface area contributed by atoms with E-state index in [-0.39, 0.29) is 12.2 Å². The minimum absolute atomic E-state index is 0.00545. The number of aryl methyl sites for hydroxylation is 1. The molecule has 1 rings (SSSR count). The van der Waals surface area contributed by atoms with Crippen LogP contribution in [0, 0.1) is 6.92 Å². The SMILES string of the molecule is Cc1cc(O)c(C(N)CCC(=O)O)cc1C(C)C. The van der Waals surface area contributed by atoms with E-state index in [1.54, 1.807) is 6.07 Å². The lowest BCUT2D eigenvalue weighted by Gasteiger charge is -2.17. The summed E-state index contributed by atoms with van der Waals surface area (Å²) in [6.07, 6.45) is 0.328. The standard InChI is InChI=1S/C14H21NO3/c1-8(2)10-7-11(13(16)6-9(10)3)12(15)4-5-14(17)18/h6-8,12,16H,4-5,15H2,1-3H3,(H,17,18). The second-order valence-corrected chi connectivity index (χ2v) is 4.96. The number of aromatic hydroxyl groups is 1. The van der Waals surface area contributed by atoms with Crippen LogP contribution in [0.3, 0.4) is 0 Å². The van der Waals surface area contributed by atoms with Gasteiger partial charge in [-0.25, -0.2) is 0 Å². The van der Waals surface area contributed by atoms with Crippen molar-refractivity contribution in [1.82, 2.24) is 0 Å². The van der Waals surface area contributed by atoms with E-state index >= 15 is 0 Å². The van der Waals surface area contributed by atoms with E-state index in [1.165, 1.54) is 0 Å². The Balaban J connectivity index is 3.00. The van der Waals surface area contributed by atoms with Gasteiger partial charge in [0, 0.05) is 18.0 Å². The van der Waals surface area contributed by atoms with Crippen LogP contribution in [0.25, 0.3) is 0 Å². The van der Waals surface area contributed by atoms with Crippen LogP contribution in [-0.2, 0) is 4.79 Å². The molecule has 0 spiro atoms. The number of nitrogens with two attached hydrogens (primary N) is 1. The molecule has 0 aromatic heterocycles. The molecule has 18 heavy (non-hydrogen) atoms. The number of carboxylic acid groups (broad SMARTS) is 1. The third-order valence-electron chi connectivity index (χ3n) is 3.11. The normalized spacial score (nSPS) is 12.7. The van der Waals surface area contributed by atoms with E-state index in [4.69, 9.17) is 10.8 Å². The fourth-order valence-electron chi connectivity index (χ4n) is 2.08. The molecule has 0 bridgehead atoms. The molecule has 4 N–H and O–H groups in total. The van der Waals surface area contributed by atoms with E-state index in [0.29, 0.717) is 17.9 Å². The minimum atomic E-state index is -0.874. The van der Waals surface area contributed by atoms with Gasteiger partial charge in [-0.1, -0.05) is 19.9 Å². The van der Waals surface area contributed by atoms with E-state index in [2.05, 4.69) is 13.8 Å². The number of rotatable bonds is 5. The molecule has 0 radical (unpaired) electrons. The zero-order chi connectivity index (χ0) is 13.9. The van der Waals surface area contributed by atoms with Gasteiger partial charge in [-0.3, -0.25) is 4.79 Å². The van der Waals surface area contributed by atoms with Gasteiger partial charge in [-0.05, 0) is 36.5 Å². The highest BCUT2D eigenvalue weighted by molar-refractivity contribution is 5.66. The Morgan fingerprint density at radius 3 is 2.44 bits per heavy atom. The molecule has 0 aliphatic carbocycles. The molecule has 1 aromatic carbocycles.